The summed E-state index contributed by atoms with van der Waals surface area (Å²) in [5.41, 5.74) is 17.9. The SMILES string of the molecule is C/C=C/c1cc(CO)c(C)cc1OCCC(C)CCCC(C)C.CCCCCCCCC1(CCCCCCCC)c2cc(C)ccc2-c2ccc(-c3ccc(-c4sc(-c5ccc(C)s5)c5nc(-c6ccccc6)c(-c6ccccc6)nc45)s3)cc21. The van der Waals surface area contributed by atoms with Gasteiger partial charge in [0.1, 0.15) is 16.8 Å². The number of hydrogen-bond donors (Lipinski definition) is 1. The first-order valence-electron chi connectivity index (χ1n) is 32.3. The Morgan fingerprint density at radius 2 is 1.11 bits per heavy atom. The van der Waals surface area contributed by atoms with E-state index in [4.69, 9.17) is 14.7 Å². The monoisotopic (exact) mass is 1190 g/mol. The lowest BCUT2D eigenvalue weighted by molar-refractivity contribution is 0.272. The van der Waals surface area contributed by atoms with Crippen molar-refractivity contribution in [2.24, 2.45) is 11.8 Å². The Hall–Kier alpha value is -5.96. The van der Waals surface area contributed by atoms with Crippen molar-refractivity contribution < 1.29 is 9.84 Å². The predicted octanol–water partition coefficient (Wildman–Crippen LogP) is 24.3. The van der Waals surface area contributed by atoms with Gasteiger partial charge in [0, 0.05) is 41.6 Å². The Bertz CT molecular complexity index is 3570. The Labute approximate surface area is 522 Å². The van der Waals surface area contributed by atoms with Crippen molar-refractivity contribution in [2.75, 3.05) is 6.61 Å². The van der Waals surface area contributed by atoms with E-state index in [-0.39, 0.29) is 12.0 Å². The zero-order chi connectivity index (χ0) is 59.7. The molecule has 0 spiro atoms. The Kier molecular flexibility index (Phi) is 23.2. The second-order valence-corrected chi connectivity index (χ2v) is 28.0. The molecule has 0 amide bonds. The third kappa shape index (κ3) is 15.8. The summed E-state index contributed by atoms with van der Waals surface area (Å²) in [4.78, 5) is 18.7. The summed E-state index contributed by atoms with van der Waals surface area (Å²) in [5, 5.41) is 9.41. The molecule has 1 aliphatic carbocycles. The van der Waals surface area contributed by atoms with E-state index in [0.717, 1.165) is 74.9 Å². The van der Waals surface area contributed by atoms with E-state index in [0.29, 0.717) is 5.92 Å². The van der Waals surface area contributed by atoms with Gasteiger partial charge < -0.3 is 9.84 Å². The van der Waals surface area contributed by atoms with Gasteiger partial charge in [-0.05, 0) is 140 Å². The van der Waals surface area contributed by atoms with Gasteiger partial charge in [0.2, 0.25) is 0 Å². The Morgan fingerprint density at radius 1 is 0.541 bits per heavy atom. The third-order valence-corrected chi connectivity index (χ3v) is 21.1. The molecule has 85 heavy (non-hydrogen) atoms. The first-order chi connectivity index (χ1) is 41.4. The average Bonchev–Trinajstić information content (AvgIpc) is 1.98. The van der Waals surface area contributed by atoms with Crippen LogP contribution in [0.3, 0.4) is 0 Å². The molecule has 1 aliphatic rings. The molecule has 0 radical (unpaired) electrons. The summed E-state index contributed by atoms with van der Waals surface area (Å²) in [7, 11) is 0. The zero-order valence-electron chi connectivity index (χ0n) is 52.6. The fourth-order valence-corrected chi connectivity index (χ4v) is 15.9. The molecular formula is C78H94N2O2S3. The number of aryl methyl sites for hydroxylation is 3. The molecule has 0 fully saturated rings. The average molecular weight is 1190 g/mol. The number of aliphatic hydroxyl groups excluding tert-OH is 1. The molecule has 0 aliphatic heterocycles. The summed E-state index contributed by atoms with van der Waals surface area (Å²) >= 11 is 5.60. The zero-order valence-corrected chi connectivity index (χ0v) is 55.1. The number of nitrogens with zero attached hydrogens (tertiary/aromatic N) is 2. The number of aromatic nitrogens is 2. The summed E-state index contributed by atoms with van der Waals surface area (Å²) in [6.45, 7) is 20.9. The van der Waals surface area contributed by atoms with Crippen molar-refractivity contribution in [3.05, 3.63) is 178 Å². The van der Waals surface area contributed by atoms with Crippen LogP contribution in [0.15, 0.2) is 140 Å². The summed E-state index contributed by atoms with van der Waals surface area (Å²) in [5.74, 6) is 2.43. The fraction of sp³-hybridized carbons (Fsp3) is 0.410. The normalized spacial score (nSPS) is 12.9. The highest BCUT2D eigenvalue weighted by atomic mass is 32.1. The second kappa shape index (κ2) is 31.1. The number of thiophene rings is 3. The first kappa shape index (κ1) is 63.5. The number of fused-ring (bicyclic) bond motifs is 4. The number of unbranched alkanes of at least 4 members (excludes halogenated alkanes) is 10. The molecular weight excluding hydrogens is 1090 g/mol. The van der Waals surface area contributed by atoms with E-state index in [1.54, 1.807) is 11.1 Å². The van der Waals surface area contributed by atoms with E-state index in [2.05, 4.69) is 170 Å². The molecule has 4 aromatic heterocycles. The van der Waals surface area contributed by atoms with E-state index in [9.17, 15) is 5.11 Å². The molecule has 446 valence electrons. The third-order valence-electron chi connectivity index (χ3n) is 17.5. The van der Waals surface area contributed by atoms with E-state index >= 15 is 0 Å². The minimum absolute atomic E-state index is 0.0554. The van der Waals surface area contributed by atoms with Crippen molar-refractivity contribution in [3.8, 4) is 69.3 Å². The molecule has 0 saturated carbocycles. The molecule has 1 N–H and O–H groups in total. The van der Waals surface area contributed by atoms with Crippen LogP contribution in [0.5, 0.6) is 5.75 Å². The van der Waals surface area contributed by atoms with Crippen LogP contribution in [-0.2, 0) is 12.0 Å². The van der Waals surface area contributed by atoms with Gasteiger partial charge in [0.05, 0.1) is 34.4 Å². The van der Waals surface area contributed by atoms with Crippen LogP contribution < -0.4 is 4.74 Å². The molecule has 5 aromatic carbocycles. The van der Waals surface area contributed by atoms with Crippen molar-refractivity contribution in [1.29, 1.82) is 0 Å². The van der Waals surface area contributed by atoms with Crippen LogP contribution in [0.2, 0.25) is 0 Å². The van der Waals surface area contributed by atoms with Crippen molar-refractivity contribution >= 4 is 51.1 Å². The highest BCUT2D eigenvalue weighted by molar-refractivity contribution is 7.28. The molecule has 9 aromatic rings. The van der Waals surface area contributed by atoms with Gasteiger partial charge in [-0.15, -0.1) is 34.0 Å². The first-order valence-corrected chi connectivity index (χ1v) is 34.8. The number of benzene rings is 5. The van der Waals surface area contributed by atoms with Crippen LogP contribution >= 0.6 is 34.0 Å². The Morgan fingerprint density at radius 3 is 1.68 bits per heavy atom. The largest absolute Gasteiger partial charge is 0.493 e. The maximum absolute atomic E-state index is 9.41. The maximum Gasteiger partial charge on any atom is 0.126 e. The molecule has 4 heterocycles. The highest BCUT2D eigenvalue weighted by Gasteiger charge is 2.42. The van der Waals surface area contributed by atoms with E-state index in [1.165, 1.54) is 161 Å². The number of allylic oxidation sites excluding steroid dienone is 1. The molecule has 10 rings (SSSR count). The molecule has 0 bridgehead atoms. The lowest BCUT2D eigenvalue weighted by atomic mass is 9.70. The van der Waals surface area contributed by atoms with Gasteiger partial charge in [0.25, 0.3) is 0 Å². The van der Waals surface area contributed by atoms with Gasteiger partial charge in [-0.3, -0.25) is 0 Å². The van der Waals surface area contributed by atoms with Gasteiger partial charge in [-0.25, -0.2) is 9.97 Å². The standard InChI is InChI=1S/C57H60N2S3.C21H34O2/c1-5-7-9-11-13-21-35-57(36-22-14-12-10-8-6-2)46-37-39(3)27-30-44(46)45-31-29-43(38-47(45)57)48-33-34-50(61-48)56-54-53(55(62-56)49-32-28-40(4)60-49)58-51(41-23-17-15-18-24-41)52(59-54)42-25-19-16-20-26-42;1-6-8-19-14-20(15-22)18(5)13-21(19)23-12-11-17(4)10-7-9-16(2)3/h15-20,23-34,37-38H,5-14,21-22,35-36H2,1-4H3;6,8,13-14,16-17,22H,7,9-12,15H2,1-5H3/b;8-6+. The van der Waals surface area contributed by atoms with Crippen molar-refractivity contribution in [1.82, 2.24) is 9.97 Å². The number of hydrogen-bond acceptors (Lipinski definition) is 7. The number of aliphatic hydroxyl groups is 1. The van der Waals surface area contributed by atoms with E-state index in [1.807, 2.05) is 72.1 Å². The second-order valence-electron chi connectivity index (χ2n) is 24.7. The summed E-state index contributed by atoms with van der Waals surface area (Å²) in [6.07, 6.45) is 27.5. The van der Waals surface area contributed by atoms with Crippen molar-refractivity contribution in [3.63, 3.8) is 0 Å². The molecule has 0 saturated heterocycles. The summed E-state index contributed by atoms with van der Waals surface area (Å²) < 4.78 is 6.04. The highest BCUT2D eigenvalue weighted by Crippen LogP contribution is 2.56. The lowest BCUT2D eigenvalue weighted by Gasteiger charge is -2.33. The van der Waals surface area contributed by atoms with Crippen LogP contribution in [0, 0.1) is 32.6 Å². The fourth-order valence-electron chi connectivity index (χ4n) is 12.6. The molecule has 4 nitrogen and oxygen atoms in total. The van der Waals surface area contributed by atoms with Crippen molar-refractivity contribution in [2.45, 2.75) is 190 Å². The maximum atomic E-state index is 9.41. The summed E-state index contributed by atoms with van der Waals surface area (Å²) in [6, 6.07) is 49.2. The quantitative estimate of drug-likeness (QED) is 0.0475. The minimum Gasteiger partial charge on any atom is -0.493 e. The minimum atomic E-state index is 0.0554. The van der Waals surface area contributed by atoms with Crippen LogP contribution in [-0.4, -0.2) is 21.7 Å². The van der Waals surface area contributed by atoms with E-state index < -0.39 is 0 Å². The van der Waals surface area contributed by atoms with Gasteiger partial charge in [-0.1, -0.05) is 240 Å². The smallest absolute Gasteiger partial charge is 0.126 e. The van der Waals surface area contributed by atoms with Crippen LogP contribution in [0.4, 0.5) is 0 Å². The van der Waals surface area contributed by atoms with Gasteiger partial charge in [0.15, 0.2) is 0 Å². The molecule has 7 heteroatoms. The number of rotatable bonds is 29. The molecule has 1 unspecified atom stereocenters. The topological polar surface area (TPSA) is 55.2 Å². The van der Waals surface area contributed by atoms with Gasteiger partial charge in [-0.2, -0.15) is 0 Å². The Balaban J connectivity index is 0.000000318. The molecule has 1 atom stereocenters. The van der Waals surface area contributed by atoms with Crippen LogP contribution in [0.1, 0.15) is 195 Å². The number of ether oxygens (including phenoxy) is 1. The van der Waals surface area contributed by atoms with Gasteiger partial charge >= 0.3 is 0 Å². The lowest BCUT2D eigenvalue weighted by Crippen LogP contribution is -2.25. The van der Waals surface area contributed by atoms with Crippen LogP contribution in [0.25, 0.3) is 80.7 Å². The predicted molar refractivity (Wildman–Crippen MR) is 372 cm³/mol.